The van der Waals surface area contributed by atoms with E-state index in [0.29, 0.717) is 11.1 Å². The SMILES string of the molecule is Cc1ccc(F)cc1C(=O)Cc1ccc(F)c(F)c1. The van der Waals surface area contributed by atoms with E-state index in [0.717, 1.165) is 18.2 Å². The molecule has 0 bridgehead atoms. The van der Waals surface area contributed by atoms with Crippen LogP contribution in [0.5, 0.6) is 0 Å². The molecule has 2 aromatic carbocycles. The van der Waals surface area contributed by atoms with E-state index in [1.165, 1.54) is 18.2 Å². The maximum atomic E-state index is 13.1. The van der Waals surface area contributed by atoms with Gasteiger partial charge in [0.25, 0.3) is 0 Å². The standard InChI is InChI=1S/C15H11F3O/c1-9-2-4-11(16)8-12(9)15(19)7-10-3-5-13(17)14(18)6-10/h2-6,8H,7H2,1H3. The van der Waals surface area contributed by atoms with Gasteiger partial charge in [-0.15, -0.1) is 0 Å². The molecule has 0 aliphatic rings. The molecule has 2 aromatic rings. The summed E-state index contributed by atoms with van der Waals surface area (Å²) in [5.74, 6) is -2.79. The van der Waals surface area contributed by atoms with Crippen LogP contribution in [0.25, 0.3) is 0 Å². The average Bonchev–Trinajstić information content (AvgIpc) is 2.36. The van der Waals surface area contributed by atoms with Crippen LogP contribution in [0.1, 0.15) is 21.5 Å². The molecular weight excluding hydrogens is 253 g/mol. The molecule has 98 valence electrons. The highest BCUT2D eigenvalue weighted by atomic mass is 19.2. The van der Waals surface area contributed by atoms with Gasteiger partial charge in [-0.2, -0.15) is 0 Å². The van der Waals surface area contributed by atoms with Crippen molar-refractivity contribution in [1.82, 2.24) is 0 Å². The van der Waals surface area contributed by atoms with E-state index in [1.807, 2.05) is 0 Å². The van der Waals surface area contributed by atoms with E-state index in [4.69, 9.17) is 0 Å². The Balaban J connectivity index is 2.25. The molecule has 2 rings (SSSR count). The van der Waals surface area contributed by atoms with Crippen molar-refractivity contribution in [3.05, 3.63) is 70.5 Å². The predicted octanol–water partition coefficient (Wildman–Crippen LogP) is 3.84. The molecule has 0 saturated heterocycles. The molecule has 0 atom stereocenters. The van der Waals surface area contributed by atoms with Crippen LogP contribution in [-0.2, 0) is 6.42 Å². The molecule has 0 unspecified atom stereocenters. The third-order valence-electron chi connectivity index (χ3n) is 2.85. The minimum Gasteiger partial charge on any atom is -0.294 e. The summed E-state index contributed by atoms with van der Waals surface area (Å²) in [5, 5.41) is 0. The molecular formula is C15H11F3O. The molecule has 19 heavy (non-hydrogen) atoms. The van der Waals surface area contributed by atoms with Crippen molar-refractivity contribution in [1.29, 1.82) is 0 Å². The largest absolute Gasteiger partial charge is 0.294 e. The van der Waals surface area contributed by atoms with Crippen LogP contribution in [0.3, 0.4) is 0 Å². The first kappa shape index (κ1) is 13.3. The summed E-state index contributed by atoms with van der Waals surface area (Å²) in [6, 6.07) is 7.21. The zero-order valence-electron chi connectivity index (χ0n) is 10.2. The zero-order valence-corrected chi connectivity index (χ0v) is 10.2. The average molecular weight is 264 g/mol. The van der Waals surface area contributed by atoms with Crippen LogP contribution in [0.15, 0.2) is 36.4 Å². The Morgan fingerprint density at radius 1 is 1.00 bits per heavy atom. The summed E-state index contributed by atoms with van der Waals surface area (Å²) in [5.41, 5.74) is 1.26. The fourth-order valence-corrected chi connectivity index (χ4v) is 1.82. The molecule has 0 aliphatic carbocycles. The Morgan fingerprint density at radius 2 is 1.74 bits per heavy atom. The second-order valence-corrected chi connectivity index (χ2v) is 4.31. The number of carbonyl (C=O) groups is 1. The normalized spacial score (nSPS) is 10.5. The fraction of sp³-hybridized carbons (Fsp3) is 0.133. The minimum absolute atomic E-state index is 0.0957. The number of Topliss-reactive ketones (excluding diaryl/α,β-unsaturated/α-hetero) is 1. The zero-order chi connectivity index (χ0) is 14.0. The van der Waals surface area contributed by atoms with E-state index < -0.39 is 17.5 Å². The lowest BCUT2D eigenvalue weighted by molar-refractivity contribution is 0.0992. The van der Waals surface area contributed by atoms with Crippen LogP contribution in [0.2, 0.25) is 0 Å². The van der Waals surface area contributed by atoms with Gasteiger partial charge in [0.2, 0.25) is 0 Å². The smallest absolute Gasteiger partial charge is 0.167 e. The number of benzene rings is 2. The molecule has 0 saturated carbocycles. The van der Waals surface area contributed by atoms with Crippen molar-refractivity contribution in [2.45, 2.75) is 13.3 Å². The second-order valence-electron chi connectivity index (χ2n) is 4.31. The van der Waals surface area contributed by atoms with Gasteiger partial charge in [-0.1, -0.05) is 12.1 Å². The number of ketones is 1. The van der Waals surface area contributed by atoms with Crippen molar-refractivity contribution >= 4 is 5.78 Å². The Hall–Kier alpha value is -2.10. The van der Waals surface area contributed by atoms with Crippen LogP contribution >= 0.6 is 0 Å². The Morgan fingerprint density at radius 3 is 2.42 bits per heavy atom. The number of hydrogen-bond acceptors (Lipinski definition) is 1. The van der Waals surface area contributed by atoms with Crippen molar-refractivity contribution in [3.63, 3.8) is 0 Å². The first-order chi connectivity index (χ1) is 8.97. The lowest BCUT2D eigenvalue weighted by Crippen LogP contribution is -2.06. The molecule has 0 fully saturated rings. The number of carbonyl (C=O) groups excluding carboxylic acids is 1. The highest BCUT2D eigenvalue weighted by molar-refractivity contribution is 5.98. The molecule has 0 amide bonds. The third kappa shape index (κ3) is 3.02. The Labute approximate surface area is 108 Å². The molecule has 0 radical (unpaired) electrons. The van der Waals surface area contributed by atoms with E-state index in [2.05, 4.69) is 0 Å². The summed E-state index contributed by atoms with van der Waals surface area (Å²) in [7, 11) is 0. The quantitative estimate of drug-likeness (QED) is 0.770. The molecule has 1 nitrogen and oxygen atoms in total. The minimum atomic E-state index is -0.999. The van der Waals surface area contributed by atoms with Gasteiger partial charge in [0.05, 0.1) is 0 Å². The van der Waals surface area contributed by atoms with Gasteiger partial charge in [-0.05, 0) is 42.3 Å². The molecule has 0 N–H and O–H groups in total. The molecule has 0 aliphatic heterocycles. The fourth-order valence-electron chi connectivity index (χ4n) is 1.82. The van der Waals surface area contributed by atoms with Gasteiger partial charge in [-0.3, -0.25) is 4.79 Å². The number of halogens is 3. The highest BCUT2D eigenvalue weighted by Crippen LogP contribution is 2.15. The van der Waals surface area contributed by atoms with Crippen LogP contribution in [0, 0.1) is 24.4 Å². The predicted molar refractivity (Wildman–Crippen MR) is 65.5 cm³/mol. The van der Waals surface area contributed by atoms with E-state index in [9.17, 15) is 18.0 Å². The Bertz CT molecular complexity index is 635. The molecule has 0 spiro atoms. The van der Waals surface area contributed by atoms with Gasteiger partial charge in [0.1, 0.15) is 5.82 Å². The molecule has 4 heteroatoms. The summed E-state index contributed by atoms with van der Waals surface area (Å²) >= 11 is 0. The van der Waals surface area contributed by atoms with Crippen molar-refractivity contribution in [2.75, 3.05) is 0 Å². The number of rotatable bonds is 3. The van der Waals surface area contributed by atoms with Gasteiger partial charge >= 0.3 is 0 Å². The number of aryl methyl sites for hydroxylation is 1. The second kappa shape index (κ2) is 5.26. The Kier molecular flexibility index (Phi) is 3.69. The first-order valence-corrected chi connectivity index (χ1v) is 5.70. The van der Waals surface area contributed by atoms with Gasteiger partial charge in [-0.25, -0.2) is 13.2 Å². The third-order valence-corrected chi connectivity index (χ3v) is 2.85. The van der Waals surface area contributed by atoms with Crippen LogP contribution in [0.4, 0.5) is 13.2 Å². The monoisotopic (exact) mass is 264 g/mol. The van der Waals surface area contributed by atoms with Crippen LogP contribution in [-0.4, -0.2) is 5.78 Å². The summed E-state index contributed by atoms with van der Waals surface area (Å²) < 4.78 is 38.9. The first-order valence-electron chi connectivity index (χ1n) is 5.70. The van der Waals surface area contributed by atoms with E-state index in [-0.39, 0.29) is 17.8 Å². The van der Waals surface area contributed by atoms with E-state index in [1.54, 1.807) is 6.92 Å². The van der Waals surface area contributed by atoms with Crippen molar-refractivity contribution in [3.8, 4) is 0 Å². The topological polar surface area (TPSA) is 17.1 Å². The van der Waals surface area contributed by atoms with Gasteiger partial charge in [0, 0.05) is 12.0 Å². The van der Waals surface area contributed by atoms with Gasteiger partial charge < -0.3 is 0 Å². The number of hydrogen-bond donors (Lipinski definition) is 0. The summed E-state index contributed by atoms with van der Waals surface area (Å²) in [6.07, 6.45) is -0.0957. The summed E-state index contributed by atoms with van der Waals surface area (Å²) in [4.78, 5) is 12.0. The van der Waals surface area contributed by atoms with Gasteiger partial charge in [0.15, 0.2) is 17.4 Å². The maximum Gasteiger partial charge on any atom is 0.167 e. The molecule has 0 aromatic heterocycles. The maximum absolute atomic E-state index is 13.1. The van der Waals surface area contributed by atoms with Crippen molar-refractivity contribution < 1.29 is 18.0 Å². The summed E-state index contributed by atoms with van der Waals surface area (Å²) in [6.45, 7) is 1.69. The lowest BCUT2D eigenvalue weighted by atomic mass is 9.99. The van der Waals surface area contributed by atoms with E-state index >= 15 is 0 Å². The molecule has 0 heterocycles. The van der Waals surface area contributed by atoms with Crippen molar-refractivity contribution in [2.24, 2.45) is 0 Å². The highest BCUT2D eigenvalue weighted by Gasteiger charge is 2.12. The van der Waals surface area contributed by atoms with Crippen LogP contribution < -0.4 is 0 Å². The lowest BCUT2D eigenvalue weighted by Gasteiger charge is -2.06.